The third-order valence-electron chi connectivity index (χ3n) is 8.37. The van der Waals surface area contributed by atoms with Crippen molar-refractivity contribution in [1.82, 2.24) is 14.0 Å². The summed E-state index contributed by atoms with van der Waals surface area (Å²) < 4.78 is 3.72. The summed E-state index contributed by atoms with van der Waals surface area (Å²) in [5, 5.41) is 11.0. The topological polar surface area (TPSA) is 53.6 Å². The Morgan fingerprint density at radius 1 is 0.811 bits per heavy atom. The molecule has 2 fully saturated rings. The molecule has 4 aromatic rings. The van der Waals surface area contributed by atoms with Crippen molar-refractivity contribution >= 4 is 16.7 Å². The Bertz CT molecular complexity index is 1440. The normalized spacial score (nSPS) is 18.1. The summed E-state index contributed by atoms with van der Waals surface area (Å²) in [7, 11) is 2.18. The number of piperazine rings is 1. The molecule has 1 aromatic heterocycles. The predicted molar refractivity (Wildman–Crippen MR) is 150 cm³/mol. The lowest BCUT2D eigenvalue weighted by Crippen LogP contribution is -2.44. The Labute approximate surface area is 218 Å². The fraction of sp³-hybridized carbons (Fsp3) is 0.387. The van der Waals surface area contributed by atoms with Crippen LogP contribution in [0.2, 0.25) is 0 Å². The summed E-state index contributed by atoms with van der Waals surface area (Å²) in [5.41, 5.74) is 5.46. The van der Waals surface area contributed by atoms with Crippen molar-refractivity contribution in [3.05, 3.63) is 94.4 Å². The smallest absolute Gasteiger partial charge is 0.333 e. The van der Waals surface area contributed by atoms with E-state index in [2.05, 4.69) is 41.1 Å². The van der Waals surface area contributed by atoms with E-state index in [-0.39, 0.29) is 5.69 Å². The third kappa shape index (κ3) is 4.49. The number of likely N-dealkylation sites (N-methyl/N-ethyl adjacent to an activating group) is 1. The summed E-state index contributed by atoms with van der Waals surface area (Å²) in [6.07, 6.45) is 4.52. The fourth-order valence-corrected chi connectivity index (χ4v) is 6.15. The standard InChI is InChI=1S/C31H36N4O2/c1-32-20-22-33(23-21-32)27-9-3-2-8-24(27)16-19-34-28-10-4-5-11-29(28)35(30(34)36)26-14-12-25(13-15-26)31(37)17-6-7-18-31/h2-5,8-15,37H,6-7,16-23H2,1H3. The van der Waals surface area contributed by atoms with Gasteiger partial charge >= 0.3 is 5.69 Å². The minimum Gasteiger partial charge on any atom is -0.385 e. The van der Waals surface area contributed by atoms with Gasteiger partial charge in [-0.15, -0.1) is 0 Å². The molecule has 0 spiro atoms. The van der Waals surface area contributed by atoms with Crippen LogP contribution < -0.4 is 10.6 Å². The number of nitrogens with zero attached hydrogens (tertiary/aromatic N) is 4. The number of rotatable bonds is 6. The molecule has 1 aliphatic carbocycles. The second kappa shape index (κ2) is 9.84. The van der Waals surface area contributed by atoms with Crippen molar-refractivity contribution in [2.45, 2.75) is 44.2 Å². The van der Waals surface area contributed by atoms with E-state index in [0.717, 1.165) is 80.6 Å². The van der Waals surface area contributed by atoms with Gasteiger partial charge in [-0.3, -0.25) is 9.13 Å². The molecule has 6 rings (SSSR count). The lowest BCUT2D eigenvalue weighted by Gasteiger charge is -2.35. The number of imidazole rings is 1. The number of aromatic nitrogens is 2. The first kappa shape index (κ1) is 24.0. The molecule has 2 aliphatic rings. The van der Waals surface area contributed by atoms with E-state index in [9.17, 15) is 9.90 Å². The molecule has 0 atom stereocenters. The van der Waals surface area contributed by atoms with Crippen LogP contribution in [0.4, 0.5) is 5.69 Å². The number of hydrogen-bond donors (Lipinski definition) is 1. The molecule has 1 saturated heterocycles. The molecule has 1 aliphatic heterocycles. The number of hydrogen-bond acceptors (Lipinski definition) is 4. The number of fused-ring (bicyclic) bond motifs is 1. The van der Waals surface area contributed by atoms with Crippen molar-refractivity contribution in [3.63, 3.8) is 0 Å². The molecule has 1 N–H and O–H groups in total. The zero-order valence-corrected chi connectivity index (χ0v) is 21.6. The molecule has 2 heterocycles. The predicted octanol–water partition coefficient (Wildman–Crippen LogP) is 4.55. The molecular weight excluding hydrogens is 460 g/mol. The highest BCUT2D eigenvalue weighted by Crippen LogP contribution is 2.38. The van der Waals surface area contributed by atoms with Crippen LogP contribution in [-0.2, 0) is 18.6 Å². The molecule has 0 bridgehead atoms. The van der Waals surface area contributed by atoms with E-state index in [0.29, 0.717) is 6.54 Å². The number of para-hydroxylation sites is 3. The van der Waals surface area contributed by atoms with Gasteiger partial charge in [-0.05, 0) is 67.8 Å². The average molecular weight is 497 g/mol. The maximum Gasteiger partial charge on any atom is 0.333 e. The molecule has 1 saturated carbocycles. The number of aryl methyl sites for hydroxylation is 2. The maximum absolute atomic E-state index is 13.8. The van der Waals surface area contributed by atoms with E-state index in [1.54, 1.807) is 0 Å². The Kier molecular flexibility index (Phi) is 6.39. The molecule has 192 valence electrons. The third-order valence-corrected chi connectivity index (χ3v) is 8.37. The first-order chi connectivity index (χ1) is 18.0. The van der Waals surface area contributed by atoms with E-state index in [4.69, 9.17) is 0 Å². The van der Waals surface area contributed by atoms with Crippen LogP contribution in [0.3, 0.4) is 0 Å². The summed E-state index contributed by atoms with van der Waals surface area (Å²) in [4.78, 5) is 18.6. The Morgan fingerprint density at radius 2 is 1.46 bits per heavy atom. The van der Waals surface area contributed by atoms with Crippen molar-refractivity contribution in [2.75, 3.05) is 38.1 Å². The summed E-state index contributed by atoms with van der Waals surface area (Å²) >= 11 is 0. The van der Waals surface area contributed by atoms with Crippen molar-refractivity contribution in [1.29, 1.82) is 0 Å². The van der Waals surface area contributed by atoms with Crippen LogP contribution >= 0.6 is 0 Å². The second-order valence-electron chi connectivity index (χ2n) is 10.7. The summed E-state index contributed by atoms with van der Waals surface area (Å²) in [6.45, 7) is 4.81. The van der Waals surface area contributed by atoms with E-state index >= 15 is 0 Å². The molecule has 3 aromatic carbocycles. The van der Waals surface area contributed by atoms with Crippen molar-refractivity contribution in [3.8, 4) is 5.69 Å². The average Bonchev–Trinajstić information content (AvgIpc) is 3.49. The molecule has 0 amide bonds. The van der Waals surface area contributed by atoms with Gasteiger partial charge in [0.05, 0.1) is 22.3 Å². The van der Waals surface area contributed by atoms with Crippen LogP contribution in [-0.4, -0.2) is 52.4 Å². The first-order valence-electron chi connectivity index (χ1n) is 13.6. The molecule has 6 heteroatoms. The van der Waals surface area contributed by atoms with Crippen LogP contribution in [0, 0.1) is 0 Å². The van der Waals surface area contributed by atoms with Gasteiger partial charge in [0, 0.05) is 38.4 Å². The highest BCUT2D eigenvalue weighted by atomic mass is 16.3. The van der Waals surface area contributed by atoms with Crippen molar-refractivity contribution < 1.29 is 5.11 Å². The molecule has 37 heavy (non-hydrogen) atoms. The highest BCUT2D eigenvalue weighted by Gasteiger charge is 2.32. The molecule has 6 nitrogen and oxygen atoms in total. The largest absolute Gasteiger partial charge is 0.385 e. The van der Waals surface area contributed by atoms with Crippen LogP contribution in [0.15, 0.2) is 77.6 Å². The Hall–Kier alpha value is -3.35. The van der Waals surface area contributed by atoms with E-state index in [1.165, 1.54) is 11.3 Å². The van der Waals surface area contributed by atoms with E-state index in [1.807, 2.05) is 57.7 Å². The Balaban J connectivity index is 1.31. The van der Waals surface area contributed by atoms with Gasteiger partial charge in [-0.25, -0.2) is 4.79 Å². The van der Waals surface area contributed by atoms with Gasteiger partial charge in [0.25, 0.3) is 0 Å². The van der Waals surface area contributed by atoms with Gasteiger partial charge in [0.1, 0.15) is 0 Å². The number of benzene rings is 3. The zero-order valence-electron chi connectivity index (χ0n) is 21.6. The van der Waals surface area contributed by atoms with Gasteiger partial charge in [-0.1, -0.05) is 55.3 Å². The minimum atomic E-state index is -0.728. The molecular formula is C31H36N4O2. The van der Waals surface area contributed by atoms with Gasteiger partial charge < -0.3 is 14.9 Å². The maximum atomic E-state index is 13.8. The lowest BCUT2D eigenvalue weighted by molar-refractivity contribution is 0.0445. The molecule has 0 radical (unpaired) electrons. The van der Waals surface area contributed by atoms with Gasteiger partial charge in [0.2, 0.25) is 0 Å². The SMILES string of the molecule is CN1CCN(c2ccccc2CCn2c(=O)n(-c3ccc(C4(O)CCCC4)cc3)c3ccccc32)CC1. The Morgan fingerprint density at radius 3 is 2.19 bits per heavy atom. The van der Waals surface area contributed by atoms with Crippen LogP contribution in [0.25, 0.3) is 16.7 Å². The monoisotopic (exact) mass is 496 g/mol. The highest BCUT2D eigenvalue weighted by molar-refractivity contribution is 5.78. The quantitative estimate of drug-likeness (QED) is 0.426. The van der Waals surface area contributed by atoms with Crippen molar-refractivity contribution in [2.24, 2.45) is 0 Å². The lowest BCUT2D eigenvalue weighted by atomic mass is 9.92. The molecule has 0 unspecified atom stereocenters. The van der Waals surface area contributed by atoms with Gasteiger partial charge in [-0.2, -0.15) is 0 Å². The van der Waals surface area contributed by atoms with E-state index < -0.39 is 5.60 Å². The van der Waals surface area contributed by atoms with Gasteiger partial charge in [0.15, 0.2) is 0 Å². The minimum absolute atomic E-state index is 0.0226. The summed E-state index contributed by atoms with van der Waals surface area (Å²) in [5.74, 6) is 0. The zero-order chi connectivity index (χ0) is 25.4. The summed E-state index contributed by atoms with van der Waals surface area (Å²) in [6, 6.07) is 24.6. The number of aliphatic hydroxyl groups is 1. The van der Waals surface area contributed by atoms with Crippen LogP contribution in [0.1, 0.15) is 36.8 Å². The second-order valence-corrected chi connectivity index (χ2v) is 10.7. The first-order valence-corrected chi connectivity index (χ1v) is 13.6. The van der Waals surface area contributed by atoms with Crippen LogP contribution in [0.5, 0.6) is 0 Å². The fourth-order valence-electron chi connectivity index (χ4n) is 6.15. The number of anilines is 1.